The Morgan fingerprint density at radius 1 is 1.09 bits per heavy atom. The second-order valence-electron chi connectivity index (χ2n) is 5.09. The van der Waals surface area contributed by atoms with Crippen LogP contribution in [0, 0.1) is 0 Å². The van der Waals surface area contributed by atoms with Crippen LogP contribution < -0.4 is 14.8 Å². The first-order valence-electron chi connectivity index (χ1n) is 7.34. The third-order valence-electron chi connectivity index (χ3n) is 3.48. The Hall–Kier alpha value is -2.20. The molecule has 0 bridgehead atoms. The van der Waals surface area contributed by atoms with Gasteiger partial charge in [-0.15, -0.1) is 0 Å². The molecule has 0 aliphatic rings. The van der Waals surface area contributed by atoms with Gasteiger partial charge in [-0.05, 0) is 41.8 Å². The fourth-order valence-corrected chi connectivity index (χ4v) is 2.45. The lowest BCUT2D eigenvalue weighted by Gasteiger charge is -2.08. The second kappa shape index (κ2) is 8.44. The van der Waals surface area contributed by atoms with Crippen LogP contribution >= 0.6 is 11.6 Å². The zero-order chi connectivity index (χ0) is 16.7. The minimum atomic E-state index is -0.0556. The van der Waals surface area contributed by atoms with Crippen LogP contribution in [0.4, 0.5) is 0 Å². The molecule has 2 aromatic rings. The molecule has 2 rings (SSSR count). The summed E-state index contributed by atoms with van der Waals surface area (Å²) < 4.78 is 10.3. The lowest BCUT2D eigenvalue weighted by molar-refractivity contribution is -0.120. The molecule has 0 aliphatic heterocycles. The molecule has 0 heterocycles. The van der Waals surface area contributed by atoms with Crippen LogP contribution in [-0.2, 0) is 17.6 Å². The number of ether oxygens (including phenoxy) is 2. The molecule has 0 spiro atoms. The van der Waals surface area contributed by atoms with Crippen molar-refractivity contribution in [3.05, 3.63) is 58.6 Å². The quantitative estimate of drug-likeness (QED) is 0.846. The normalized spacial score (nSPS) is 10.2. The highest BCUT2D eigenvalue weighted by atomic mass is 35.5. The minimum Gasteiger partial charge on any atom is -0.497 e. The molecule has 0 fully saturated rings. The summed E-state index contributed by atoms with van der Waals surface area (Å²) in [6.45, 7) is 0.569. The summed E-state index contributed by atoms with van der Waals surface area (Å²) in [7, 11) is 3.22. The number of amides is 1. The van der Waals surface area contributed by atoms with Gasteiger partial charge in [0.15, 0.2) is 0 Å². The van der Waals surface area contributed by atoms with Gasteiger partial charge >= 0.3 is 0 Å². The molecule has 0 aliphatic carbocycles. The highest BCUT2D eigenvalue weighted by Crippen LogP contribution is 2.22. The van der Waals surface area contributed by atoms with Gasteiger partial charge in [0.05, 0.1) is 20.6 Å². The topological polar surface area (TPSA) is 47.6 Å². The van der Waals surface area contributed by atoms with Crippen molar-refractivity contribution in [1.29, 1.82) is 0 Å². The molecule has 122 valence electrons. The number of halogens is 1. The van der Waals surface area contributed by atoms with Gasteiger partial charge < -0.3 is 14.8 Å². The summed E-state index contributed by atoms with van der Waals surface area (Å²) in [6, 6.07) is 13.1. The average molecular weight is 334 g/mol. The average Bonchev–Trinajstić information content (AvgIpc) is 2.57. The molecule has 0 atom stereocenters. The predicted molar refractivity (Wildman–Crippen MR) is 91.4 cm³/mol. The van der Waals surface area contributed by atoms with Crippen molar-refractivity contribution in [3.8, 4) is 11.5 Å². The van der Waals surface area contributed by atoms with E-state index in [0.717, 1.165) is 23.3 Å². The van der Waals surface area contributed by atoms with Gasteiger partial charge in [0, 0.05) is 11.6 Å². The molecular formula is C18H20ClNO3. The van der Waals surface area contributed by atoms with Crippen molar-refractivity contribution < 1.29 is 14.3 Å². The number of carbonyl (C=O) groups is 1. The van der Waals surface area contributed by atoms with Gasteiger partial charge in [-0.2, -0.15) is 0 Å². The first kappa shape index (κ1) is 17.2. The maximum Gasteiger partial charge on any atom is 0.224 e. The molecule has 23 heavy (non-hydrogen) atoms. The lowest BCUT2D eigenvalue weighted by atomic mass is 10.1. The maximum atomic E-state index is 12.0. The van der Waals surface area contributed by atoms with E-state index in [0.29, 0.717) is 17.3 Å². The van der Waals surface area contributed by atoms with E-state index < -0.39 is 0 Å². The fourth-order valence-electron chi connectivity index (χ4n) is 2.21. The largest absolute Gasteiger partial charge is 0.497 e. The van der Waals surface area contributed by atoms with Crippen molar-refractivity contribution in [1.82, 2.24) is 5.32 Å². The van der Waals surface area contributed by atoms with Crippen molar-refractivity contribution in [2.75, 3.05) is 20.8 Å². The third-order valence-corrected chi connectivity index (χ3v) is 3.83. The molecule has 5 heteroatoms. The van der Waals surface area contributed by atoms with Gasteiger partial charge in [0.25, 0.3) is 0 Å². The summed E-state index contributed by atoms with van der Waals surface area (Å²) in [5.74, 6) is 1.44. The minimum absolute atomic E-state index is 0.0556. The zero-order valence-electron chi connectivity index (χ0n) is 13.3. The van der Waals surface area contributed by atoms with Crippen LogP contribution in [0.3, 0.4) is 0 Å². The Bertz CT molecular complexity index is 673. The summed E-state index contributed by atoms with van der Waals surface area (Å²) in [5, 5.41) is 3.44. The number of rotatable bonds is 7. The Labute approximate surface area is 141 Å². The molecule has 1 N–H and O–H groups in total. The van der Waals surface area contributed by atoms with E-state index in [2.05, 4.69) is 5.32 Å². The lowest BCUT2D eigenvalue weighted by Crippen LogP contribution is -2.27. The van der Waals surface area contributed by atoms with Gasteiger partial charge in [0.2, 0.25) is 5.91 Å². The Balaban J connectivity index is 1.83. The number of carbonyl (C=O) groups excluding carboxylic acids is 1. The van der Waals surface area contributed by atoms with Gasteiger partial charge in [-0.3, -0.25) is 4.79 Å². The molecule has 0 saturated carbocycles. The Morgan fingerprint density at radius 3 is 2.52 bits per heavy atom. The maximum absolute atomic E-state index is 12.0. The third kappa shape index (κ3) is 5.18. The van der Waals surface area contributed by atoms with E-state index in [4.69, 9.17) is 21.1 Å². The van der Waals surface area contributed by atoms with E-state index in [9.17, 15) is 4.79 Å². The highest BCUT2D eigenvalue weighted by molar-refractivity contribution is 6.31. The van der Waals surface area contributed by atoms with Crippen molar-refractivity contribution in [3.63, 3.8) is 0 Å². The van der Waals surface area contributed by atoms with Gasteiger partial charge in [0.1, 0.15) is 11.5 Å². The van der Waals surface area contributed by atoms with Crippen LogP contribution in [0.5, 0.6) is 11.5 Å². The van der Waals surface area contributed by atoms with E-state index >= 15 is 0 Å². The molecular weight excluding hydrogens is 314 g/mol. The van der Waals surface area contributed by atoms with Crippen molar-refractivity contribution in [2.24, 2.45) is 0 Å². The molecule has 0 aromatic heterocycles. The smallest absolute Gasteiger partial charge is 0.224 e. The van der Waals surface area contributed by atoms with Crippen LogP contribution in [0.25, 0.3) is 0 Å². The number of nitrogens with one attached hydrogen (secondary N) is 1. The number of methoxy groups -OCH3 is 2. The molecule has 0 radical (unpaired) electrons. The first-order chi connectivity index (χ1) is 11.1. The molecule has 1 amide bonds. The van der Waals surface area contributed by atoms with E-state index in [1.807, 2.05) is 30.3 Å². The number of benzene rings is 2. The SMILES string of the molecule is COc1cccc(CCNC(=O)Cc2ccc(OC)cc2Cl)c1. The second-order valence-corrected chi connectivity index (χ2v) is 5.49. The summed E-state index contributed by atoms with van der Waals surface area (Å²) in [4.78, 5) is 12.0. The van der Waals surface area contributed by atoms with E-state index in [1.165, 1.54) is 0 Å². The summed E-state index contributed by atoms with van der Waals surface area (Å²) >= 11 is 6.14. The Morgan fingerprint density at radius 2 is 1.83 bits per heavy atom. The monoisotopic (exact) mass is 333 g/mol. The van der Waals surface area contributed by atoms with Crippen molar-refractivity contribution in [2.45, 2.75) is 12.8 Å². The van der Waals surface area contributed by atoms with Gasteiger partial charge in [-0.1, -0.05) is 29.8 Å². The standard InChI is InChI=1S/C18H20ClNO3/c1-22-15-5-3-4-13(10-15)8-9-20-18(21)11-14-6-7-16(23-2)12-17(14)19/h3-7,10,12H,8-9,11H2,1-2H3,(H,20,21). The van der Waals surface area contributed by atoms with Crippen LogP contribution in [0.2, 0.25) is 5.02 Å². The number of hydrogen-bond acceptors (Lipinski definition) is 3. The van der Waals surface area contributed by atoms with Gasteiger partial charge in [-0.25, -0.2) is 0 Å². The molecule has 0 saturated heterocycles. The molecule has 4 nitrogen and oxygen atoms in total. The van der Waals surface area contributed by atoms with Crippen LogP contribution in [-0.4, -0.2) is 26.7 Å². The van der Waals surface area contributed by atoms with Crippen LogP contribution in [0.15, 0.2) is 42.5 Å². The first-order valence-corrected chi connectivity index (χ1v) is 7.72. The van der Waals surface area contributed by atoms with E-state index in [-0.39, 0.29) is 12.3 Å². The molecule has 0 unspecified atom stereocenters. The van der Waals surface area contributed by atoms with Crippen LogP contribution in [0.1, 0.15) is 11.1 Å². The Kier molecular flexibility index (Phi) is 6.29. The van der Waals surface area contributed by atoms with Crippen molar-refractivity contribution >= 4 is 17.5 Å². The van der Waals surface area contributed by atoms with E-state index in [1.54, 1.807) is 26.4 Å². The highest BCUT2D eigenvalue weighted by Gasteiger charge is 2.08. The summed E-state index contributed by atoms with van der Waals surface area (Å²) in [5.41, 5.74) is 1.90. The zero-order valence-corrected chi connectivity index (χ0v) is 14.0. The summed E-state index contributed by atoms with van der Waals surface area (Å²) in [6.07, 6.45) is 1.00. The molecule has 2 aromatic carbocycles. The predicted octanol–water partition coefficient (Wildman–Crippen LogP) is 3.26. The number of hydrogen-bond donors (Lipinski definition) is 1. The fraction of sp³-hybridized carbons (Fsp3) is 0.278.